The zero-order chi connectivity index (χ0) is 19.4. The molecule has 1 unspecified atom stereocenters. The number of carbonyl (C=O) groups is 2. The van der Waals surface area contributed by atoms with Gasteiger partial charge in [-0.25, -0.2) is 17.6 Å². The average molecular weight is 389 g/mol. The van der Waals surface area contributed by atoms with Gasteiger partial charge in [0.2, 0.25) is 0 Å². The lowest BCUT2D eigenvalue weighted by Gasteiger charge is -2.27. The molecule has 0 aliphatic carbocycles. The smallest absolute Gasteiger partial charge is 0.338 e. The molecule has 3 rings (SSSR count). The highest BCUT2D eigenvalue weighted by molar-refractivity contribution is 7.94. The molecule has 0 aromatic heterocycles. The molecule has 0 radical (unpaired) electrons. The molecule has 0 saturated carbocycles. The Bertz CT molecular complexity index is 988. The van der Waals surface area contributed by atoms with E-state index in [0.717, 1.165) is 11.5 Å². The number of rotatable bonds is 5. The summed E-state index contributed by atoms with van der Waals surface area (Å²) in [5, 5.41) is 1.07. The van der Waals surface area contributed by atoms with E-state index in [9.17, 15) is 22.4 Å². The number of anilines is 1. The van der Waals surface area contributed by atoms with Crippen LogP contribution in [0.15, 0.2) is 66.1 Å². The van der Waals surface area contributed by atoms with Crippen LogP contribution in [-0.2, 0) is 19.4 Å². The van der Waals surface area contributed by atoms with E-state index in [2.05, 4.69) is 0 Å². The van der Waals surface area contributed by atoms with Crippen molar-refractivity contribution in [3.63, 3.8) is 0 Å². The van der Waals surface area contributed by atoms with Crippen molar-refractivity contribution in [3.05, 3.63) is 77.5 Å². The summed E-state index contributed by atoms with van der Waals surface area (Å²) in [7, 11) is -3.38. The topological polar surface area (TPSA) is 80.8 Å². The molecule has 1 heterocycles. The van der Waals surface area contributed by atoms with E-state index in [1.807, 2.05) is 0 Å². The van der Waals surface area contributed by atoms with Gasteiger partial charge in [-0.1, -0.05) is 24.3 Å². The third-order valence-corrected chi connectivity index (χ3v) is 5.31. The lowest BCUT2D eigenvalue weighted by atomic mass is 10.2. The van der Waals surface area contributed by atoms with Crippen LogP contribution in [0, 0.1) is 5.82 Å². The van der Waals surface area contributed by atoms with Crippen LogP contribution in [0.5, 0.6) is 0 Å². The van der Waals surface area contributed by atoms with E-state index in [-0.39, 0.29) is 11.3 Å². The maximum atomic E-state index is 13.2. The number of amides is 1. The number of nitrogens with zero attached hydrogens (tertiary/aromatic N) is 1. The second-order valence-corrected chi connectivity index (χ2v) is 7.84. The number of esters is 1. The summed E-state index contributed by atoms with van der Waals surface area (Å²) in [6, 6.07) is 12.7. The Hall–Kier alpha value is -3.00. The number of hydrogen-bond acceptors (Lipinski definition) is 5. The highest BCUT2D eigenvalue weighted by atomic mass is 32.2. The van der Waals surface area contributed by atoms with Crippen LogP contribution in [0.3, 0.4) is 0 Å². The predicted octanol–water partition coefficient (Wildman–Crippen LogP) is 2.33. The van der Waals surface area contributed by atoms with Gasteiger partial charge in [-0.3, -0.25) is 4.79 Å². The van der Waals surface area contributed by atoms with Gasteiger partial charge in [-0.2, -0.15) is 0 Å². The SMILES string of the molecule is O=C(OCC(=O)N(c1ccccc1)C1C=CS(=O)(=O)C1)c1cccc(F)c1. The van der Waals surface area contributed by atoms with Crippen LogP contribution >= 0.6 is 0 Å². The second kappa shape index (κ2) is 7.71. The van der Waals surface area contributed by atoms with E-state index in [0.29, 0.717) is 5.69 Å². The summed E-state index contributed by atoms with van der Waals surface area (Å²) in [6.07, 6.45) is 1.43. The maximum Gasteiger partial charge on any atom is 0.338 e. The lowest BCUT2D eigenvalue weighted by Crippen LogP contribution is -2.43. The molecular weight excluding hydrogens is 373 g/mol. The number of halogens is 1. The van der Waals surface area contributed by atoms with Crippen LogP contribution in [0.2, 0.25) is 0 Å². The molecule has 6 nitrogen and oxygen atoms in total. The third-order valence-electron chi connectivity index (χ3n) is 3.93. The van der Waals surface area contributed by atoms with Crippen molar-refractivity contribution in [2.24, 2.45) is 0 Å². The Balaban J connectivity index is 1.76. The molecule has 0 bridgehead atoms. The molecule has 1 atom stereocenters. The van der Waals surface area contributed by atoms with E-state index in [1.54, 1.807) is 30.3 Å². The fraction of sp³-hybridized carbons (Fsp3) is 0.158. The fourth-order valence-corrected chi connectivity index (χ4v) is 3.99. The number of carbonyl (C=O) groups excluding carboxylic acids is 2. The number of benzene rings is 2. The van der Waals surface area contributed by atoms with E-state index >= 15 is 0 Å². The molecule has 1 aliphatic rings. The molecule has 140 valence electrons. The van der Waals surface area contributed by atoms with Crippen LogP contribution < -0.4 is 4.90 Å². The standard InChI is InChI=1S/C19H16FNO5S/c20-15-6-4-5-14(11-15)19(23)26-12-18(22)21(16-7-2-1-3-8-16)17-9-10-27(24,25)13-17/h1-11,17H,12-13H2. The Kier molecular flexibility index (Phi) is 5.36. The first kappa shape index (κ1) is 18.8. The molecule has 0 spiro atoms. The fourth-order valence-electron chi connectivity index (χ4n) is 2.72. The Morgan fingerprint density at radius 2 is 1.85 bits per heavy atom. The first-order chi connectivity index (χ1) is 12.9. The van der Waals surface area contributed by atoms with Crippen molar-refractivity contribution in [3.8, 4) is 0 Å². The molecule has 1 amide bonds. The second-order valence-electron chi connectivity index (χ2n) is 5.91. The minimum absolute atomic E-state index is 0.0163. The Morgan fingerprint density at radius 3 is 2.48 bits per heavy atom. The van der Waals surface area contributed by atoms with Crippen molar-refractivity contribution in [2.75, 3.05) is 17.3 Å². The lowest BCUT2D eigenvalue weighted by molar-refractivity contribution is -0.121. The Morgan fingerprint density at radius 1 is 1.11 bits per heavy atom. The van der Waals surface area contributed by atoms with Crippen molar-refractivity contribution in [2.45, 2.75) is 6.04 Å². The van der Waals surface area contributed by atoms with Crippen LogP contribution in [0.4, 0.5) is 10.1 Å². The van der Waals surface area contributed by atoms with Gasteiger partial charge in [0.25, 0.3) is 5.91 Å². The van der Waals surface area contributed by atoms with Gasteiger partial charge in [0, 0.05) is 11.1 Å². The monoisotopic (exact) mass is 389 g/mol. The summed E-state index contributed by atoms with van der Waals surface area (Å²) in [6.45, 7) is -0.603. The molecular formula is C19H16FNO5S. The maximum absolute atomic E-state index is 13.2. The average Bonchev–Trinajstić information content (AvgIpc) is 3.00. The van der Waals surface area contributed by atoms with Crippen LogP contribution in [0.25, 0.3) is 0 Å². The van der Waals surface area contributed by atoms with E-state index in [1.165, 1.54) is 29.2 Å². The summed E-state index contributed by atoms with van der Waals surface area (Å²) in [5.41, 5.74) is 0.466. The normalized spacial score (nSPS) is 17.4. The molecule has 27 heavy (non-hydrogen) atoms. The van der Waals surface area contributed by atoms with Gasteiger partial charge >= 0.3 is 5.97 Å². The molecule has 0 saturated heterocycles. The number of para-hydroxylation sites is 1. The number of hydrogen-bond donors (Lipinski definition) is 0. The summed E-state index contributed by atoms with van der Waals surface area (Å²) in [4.78, 5) is 26.0. The van der Waals surface area contributed by atoms with Gasteiger partial charge in [0.15, 0.2) is 16.4 Å². The summed E-state index contributed by atoms with van der Waals surface area (Å²) in [5.74, 6) is -2.27. The van der Waals surface area contributed by atoms with Crippen molar-refractivity contribution in [1.82, 2.24) is 0 Å². The summed E-state index contributed by atoms with van der Waals surface area (Å²) >= 11 is 0. The minimum Gasteiger partial charge on any atom is -0.452 e. The van der Waals surface area contributed by atoms with Crippen molar-refractivity contribution in [1.29, 1.82) is 0 Å². The largest absolute Gasteiger partial charge is 0.452 e. The predicted molar refractivity (Wildman–Crippen MR) is 97.3 cm³/mol. The van der Waals surface area contributed by atoms with E-state index in [4.69, 9.17) is 4.74 Å². The first-order valence-corrected chi connectivity index (χ1v) is 9.78. The van der Waals surface area contributed by atoms with Gasteiger partial charge in [0.05, 0.1) is 17.4 Å². The molecule has 0 fully saturated rings. The quantitative estimate of drug-likeness (QED) is 0.733. The first-order valence-electron chi connectivity index (χ1n) is 8.06. The highest BCUT2D eigenvalue weighted by Crippen LogP contribution is 2.23. The third kappa shape index (κ3) is 4.59. The van der Waals surface area contributed by atoms with Gasteiger partial charge in [0.1, 0.15) is 5.82 Å². The molecule has 0 N–H and O–H groups in total. The molecule has 2 aromatic carbocycles. The van der Waals surface area contributed by atoms with E-state index < -0.39 is 40.2 Å². The molecule has 2 aromatic rings. The summed E-state index contributed by atoms with van der Waals surface area (Å²) < 4.78 is 41.7. The van der Waals surface area contributed by atoms with Crippen LogP contribution in [-0.4, -0.2) is 38.7 Å². The van der Waals surface area contributed by atoms with Crippen molar-refractivity contribution < 1.29 is 27.1 Å². The molecule has 8 heteroatoms. The zero-order valence-corrected chi connectivity index (χ0v) is 14.9. The minimum atomic E-state index is -3.38. The van der Waals surface area contributed by atoms with Gasteiger partial charge in [-0.05, 0) is 36.4 Å². The van der Waals surface area contributed by atoms with Gasteiger partial charge in [-0.15, -0.1) is 0 Å². The van der Waals surface area contributed by atoms with Crippen LogP contribution in [0.1, 0.15) is 10.4 Å². The van der Waals surface area contributed by atoms with Crippen molar-refractivity contribution >= 4 is 27.4 Å². The number of ether oxygens (including phenoxy) is 1. The highest BCUT2D eigenvalue weighted by Gasteiger charge is 2.31. The van der Waals surface area contributed by atoms with Gasteiger partial charge < -0.3 is 9.64 Å². The zero-order valence-electron chi connectivity index (χ0n) is 14.1. The Labute approximate surface area is 155 Å². The molecule has 1 aliphatic heterocycles. The number of sulfone groups is 1.